The molecule has 0 fully saturated rings. The van der Waals surface area contributed by atoms with Crippen LogP contribution in [0.25, 0.3) is 0 Å². The smallest absolute Gasteiger partial charge is 0.337 e. The van der Waals surface area contributed by atoms with Crippen molar-refractivity contribution in [1.29, 1.82) is 0 Å². The number of aliphatic hydroxyl groups excluding tert-OH is 1. The van der Waals surface area contributed by atoms with E-state index in [4.69, 9.17) is 14.6 Å². The van der Waals surface area contributed by atoms with E-state index >= 15 is 0 Å². The minimum atomic E-state index is -0.448. The van der Waals surface area contributed by atoms with Gasteiger partial charge in [-0.15, -0.1) is 0 Å². The van der Waals surface area contributed by atoms with Crippen molar-refractivity contribution in [3.8, 4) is 0 Å². The van der Waals surface area contributed by atoms with E-state index in [1.165, 1.54) is 7.11 Å². The van der Waals surface area contributed by atoms with E-state index in [0.29, 0.717) is 17.8 Å². The molecule has 1 rings (SSSR count). The van der Waals surface area contributed by atoms with E-state index in [9.17, 15) is 4.79 Å². The van der Waals surface area contributed by atoms with Gasteiger partial charge in [0.25, 0.3) is 0 Å². The second-order valence-corrected chi connectivity index (χ2v) is 2.67. The first-order chi connectivity index (χ1) is 5.69. The molecule has 0 aromatic heterocycles. The van der Waals surface area contributed by atoms with Gasteiger partial charge in [0, 0.05) is 6.42 Å². The van der Waals surface area contributed by atoms with Crippen molar-refractivity contribution in [3.63, 3.8) is 0 Å². The average molecular weight is 172 g/mol. The second-order valence-electron chi connectivity index (χ2n) is 2.67. The largest absolute Gasteiger partial charge is 0.500 e. The van der Waals surface area contributed by atoms with Gasteiger partial charge in [-0.3, -0.25) is 0 Å². The van der Waals surface area contributed by atoms with Crippen molar-refractivity contribution >= 4 is 5.97 Å². The third-order valence-electron chi connectivity index (χ3n) is 1.86. The second kappa shape index (κ2) is 3.58. The number of aliphatic hydroxyl groups is 1. The zero-order valence-corrected chi connectivity index (χ0v) is 7.16. The Morgan fingerprint density at radius 3 is 2.92 bits per heavy atom. The first kappa shape index (κ1) is 9.06. The third kappa shape index (κ3) is 1.58. The fraction of sp³-hybridized carbons (Fsp3) is 0.625. The topological polar surface area (TPSA) is 55.8 Å². The van der Waals surface area contributed by atoms with Crippen LogP contribution in [0, 0.1) is 0 Å². The lowest BCUT2D eigenvalue weighted by atomic mass is 10.1. The van der Waals surface area contributed by atoms with Gasteiger partial charge in [0.15, 0.2) is 0 Å². The molecule has 0 unspecified atom stereocenters. The van der Waals surface area contributed by atoms with Gasteiger partial charge in [-0.2, -0.15) is 0 Å². The molecule has 4 heteroatoms. The van der Waals surface area contributed by atoms with Crippen LogP contribution in [0.4, 0.5) is 0 Å². The summed E-state index contributed by atoms with van der Waals surface area (Å²) < 4.78 is 9.83. The summed E-state index contributed by atoms with van der Waals surface area (Å²) in [6.07, 6.45) is 0.0149. The van der Waals surface area contributed by atoms with Gasteiger partial charge < -0.3 is 14.6 Å². The summed E-state index contributed by atoms with van der Waals surface area (Å²) >= 11 is 0. The Kier molecular flexibility index (Phi) is 2.70. The molecule has 0 bridgehead atoms. The maximum absolute atomic E-state index is 11.1. The highest BCUT2D eigenvalue weighted by Crippen LogP contribution is 2.21. The van der Waals surface area contributed by atoms with E-state index in [0.717, 1.165) is 0 Å². The minimum absolute atomic E-state index is 0.161. The quantitative estimate of drug-likeness (QED) is 0.605. The van der Waals surface area contributed by atoms with Crippen LogP contribution in [-0.2, 0) is 14.3 Å². The highest BCUT2D eigenvalue weighted by Gasteiger charge is 2.26. The van der Waals surface area contributed by atoms with E-state index < -0.39 is 12.1 Å². The van der Waals surface area contributed by atoms with Gasteiger partial charge in [0.1, 0.15) is 11.9 Å². The van der Waals surface area contributed by atoms with Crippen molar-refractivity contribution in [1.82, 2.24) is 0 Å². The number of hydrogen-bond acceptors (Lipinski definition) is 4. The molecular formula is C8H12O4. The Balaban J connectivity index is 2.80. The zero-order valence-electron chi connectivity index (χ0n) is 7.16. The van der Waals surface area contributed by atoms with Crippen molar-refractivity contribution < 1.29 is 19.4 Å². The number of ether oxygens (including phenoxy) is 2. The van der Waals surface area contributed by atoms with Gasteiger partial charge >= 0.3 is 5.97 Å². The molecule has 0 amide bonds. The monoisotopic (exact) mass is 172 g/mol. The van der Waals surface area contributed by atoms with Crippen LogP contribution in [0.5, 0.6) is 0 Å². The van der Waals surface area contributed by atoms with Crippen LogP contribution in [0.2, 0.25) is 0 Å². The summed E-state index contributed by atoms with van der Waals surface area (Å²) in [5.74, 6) is 0.197. The molecule has 68 valence electrons. The molecule has 1 aliphatic rings. The zero-order chi connectivity index (χ0) is 9.14. The highest BCUT2D eigenvalue weighted by molar-refractivity contribution is 5.89. The van der Waals surface area contributed by atoms with Gasteiger partial charge in [0.2, 0.25) is 0 Å². The summed E-state index contributed by atoms with van der Waals surface area (Å²) in [4.78, 5) is 11.1. The summed E-state index contributed by atoms with van der Waals surface area (Å²) in [5, 5.41) is 8.75. The van der Waals surface area contributed by atoms with Crippen LogP contribution >= 0.6 is 0 Å². The predicted octanol–water partition coefficient (Wildman–Crippen LogP) is 0.215. The normalized spacial score (nSPS) is 23.9. The van der Waals surface area contributed by atoms with Crippen LogP contribution in [-0.4, -0.2) is 30.9 Å². The van der Waals surface area contributed by atoms with Gasteiger partial charge in [-0.05, 0) is 6.92 Å². The highest BCUT2D eigenvalue weighted by atomic mass is 16.6. The Bertz CT molecular complexity index is 219. The number of methoxy groups -OCH3 is 1. The first-order valence-electron chi connectivity index (χ1n) is 3.74. The molecule has 1 N–H and O–H groups in total. The van der Waals surface area contributed by atoms with Gasteiger partial charge in [-0.1, -0.05) is 0 Å². The molecule has 12 heavy (non-hydrogen) atoms. The molecule has 0 aliphatic carbocycles. The van der Waals surface area contributed by atoms with Crippen LogP contribution < -0.4 is 0 Å². The molecule has 0 aromatic rings. The number of rotatable bonds is 2. The minimum Gasteiger partial charge on any atom is -0.500 e. The number of esters is 1. The standard InChI is InChI=1S/C8H12O4/c1-5-7(11-2)3-6(4-9)12-8(5)10/h6,9H,3-4H2,1-2H3/t6-/m1/s1. The number of hydrogen-bond donors (Lipinski definition) is 1. The maximum atomic E-state index is 11.1. The molecule has 0 saturated carbocycles. The van der Waals surface area contributed by atoms with Crippen molar-refractivity contribution in [2.45, 2.75) is 19.4 Å². The van der Waals surface area contributed by atoms with E-state index in [1.807, 2.05) is 0 Å². The molecule has 1 heterocycles. The molecular weight excluding hydrogens is 160 g/mol. The van der Waals surface area contributed by atoms with E-state index in [-0.39, 0.29) is 6.61 Å². The average Bonchev–Trinajstić information content (AvgIpc) is 2.09. The lowest BCUT2D eigenvalue weighted by Gasteiger charge is -2.23. The summed E-state index contributed by atoms with van der Waals surface area (Å²) in [6, 6.07) is 0. The number of cyclic esters (lactones) is 1. The van der Waals surface area contributed by atoms with Crippen molar-refractivity contribution in [2.24, 2.45) is 0 Å². The fourth-order valence-electron chi connectivity index (χ4n) is 1.09. The molecule has 1 atom stereocenters. The molecule has 4 nitrogen and oxygen atoms in total. The maximum Gasteiger partial charge on any atom is 0.337 e. The third-order valence-corrected chi connectivity index (χ3v) is 1.86. The summed E-state index contributed by atoms with van der Waals surface area (Å²) in [7, 11) is 1.51. The summed E-state index contributed by atoms with van der Waals surface area (Å²) in [5.41, 5.74) is 0.488. The molecule has 0 radical (unpaired) electrons. The Morgan fingerprint density at radius 1 is 1.75 bits per heavy atom. The number of carbonyl (C=O) groups is 1. The lowest BCUT2D eigenvalue weighted by molar-refractivity contribution is -0.149. The van der Waals surface area contributed by atoms with Crippen LogP contribution in [0.1, 0.15) is 13.3 Å². The molecule has 1 aliphatic heterocycles. The fourth-order valence-corrected chi connectivity index (χ4v) is 1.09. The Morgan fingerprint density at radius 2 is 2.42 bits per heavy atom. The lowest BCUT2D eigenvalue weighted by Crippen LogP contribution is -2.28. The van der Waals surface area contributed by atoms with E-state index in [1.54, 1.807) is 6.92 Å². The van der Waals surface area contributed by atoms with Gasteiger partial charge in [-0.25, -0.2) is 4.79 Å². The molecule has 0 saturated heterocycles. The first-order valence-corrected chi connectivity index (χ1v) is 3.74. The SMILES string of the molecule is COC1=C(C)C(=O)O[C@@H](CO)C1. The van der Waals surface area contributed by atoms with Crippen molar-refractivity contribution in [2.75, 3.05) is 13.7 Å². The summed E-state index contributed by atoms with van der Waals surface area (Å²) in [6.45, 7) is 1.49. The molecule has 0 spiro atoms. The predicted molar refractivity (Wildman–Crippen MR) is 41.3 cm³/mol. The van der Waals surface area contributed by atoms with Crippen molar-refractivity contribution in [3.05, 3.63) is 11.3 Å². The Labute approximate surface area is 70.8 Å². The van der Waals surface area contributed by atoms with E-state index in [2.05, 4.69) is 0 Å². The Hall–Kier alpha value is -1.03. The van der Waals surface area contributed by atoms with Crippen LogP contribution in [0.3, 0.4) is 0 Å². The number of carbonyl (C=O) groups excluding carboxylic acids is 1. The van der Waals surface area contributed by atoms with Gasteiger partial charge in [0.05, 0.1) is 19.3 Å². The van der Waals surface area contributed by atoms with Crippen LogP contribution in [0.15, 0.2) is 11.3 Å². The molecule has 0 aromatic carbocycles.